The number of aromatic nitrogens is 1. The molecular weight excluding hydrogens is 1140 g/mol. The van der Waals surface area contributed by atoms with Gasteiger partial charge in [-0.25, -0.2) is 0 Å². The van der Waals surface area contributed by atoms with Gasteiger partial charge in [-0.2, -0.15) is 132 Å². The lowest BCUT2D eigenvalue weighted by atomic mass is 9.12. The van der Waals surface area contributed by atoms with E-state index in [1.807, 2.05) is 6.07 Å². The summed E-state index contributed by atoms with van der Waals surface area (Å²) in [6.45, 7) is 0.881. The Kier molecular flexibility index (Phi) is 15.4. The number of halogens is 25. The van der Waals surface area contributed by atoms with Crippen LogP contribution in [0.15, 0.2) is 144 Å². The number of nitrogens with zero attached hydrogens (tertiary/aromatic N) is 1. The van der Waals surface area contributed by atoms with E-state index in [1.165, 1.54) is 16.3 Å². The monoisotopic (exact) mass is 1160 g/mol. The minimum atomic E-state index is -6.13. The average Bonchev–Trinajstić information content (AvgIpc) is 3.28. The molecule has 0 aliphatic heterocycles. The zero-order valence-corrected chi connectivity index (χ0v) is 38.0. The third-order valence-electron chi connectivity index (χ3n) is 11.5. The third-order valence-corrected chi connectivity index (χ3v) is 12.4. The average molecular weight is 1160 g/mol. The van der Waals surface area contributed by atoms with Gasteiger partial charge in [0.1, 0.15) is 6.15 Å². The van der Waals surface area contributed by atoms with Crippen molar-refractivity contribution in [3.63, 3.8) is 0 Å². The molecule has 0 fully saturated rings. The Bertz CT molecular complexity index is 2760. The fraction of sp³-hybridized carbons (Fsp3) is 0.188. The lowest BCUT2D eigenvalue weighted by Gasteiger charge is -2.46. The van der Waals surface area contributed by atoms with Crippen LogP contribution in [0.4, 0.5) is 105 Å². The number of rotatable bonds is 6. The predicted octanol–water partition coefficient (Wildman–Crippen LogP) is 15.2. The standard InChI is InChI=1S/C32H12BF24.C16H13BrN/c34-25(35,36)13-1-14(26(37,38)39)6-21(5-13)33(22-7-15(27(40,41)42)2-16(8-22)28(43,44)45,23-9-17(29(46,47)48)3-18(10-23)30(49,50)51)24-11-19(31(52,53)54)4-20(12-24)32(55,56)57;17-16-15-9-5-4-8-14(15)10-11-18(16)12-13-6-2-1-3-7-13/h1-12H;1-11H,12H2/q-1;+1. The molecule has 75 heavy (non-hydrogen) atoms. The third kappa shape index (κ3) is 13.0. The second kappa shape index (κ2) is 19.9. The van der Waals surface area contributed by atoms with Gasteiger partial charge in [0.25, 0.3) is 4.60 Å². The Labute approximate surface area is 414 Å². The van der Waals surface area contributed by atoms with E-state index in [0.29, 0.717) is 0 Å². The second-order valence-corrected chi connectivity index (χ2v) is 17.3. The van der Waals surface area contributed by atoms with Crippen LogP contribution in [-0.4, -0.2) is 6.15 Å². The van der Waals surface area contributed by atoms with E-state index in [2.05, 4.69) is 81.3 Å². The van der Waals surface area contributed by atoms with Gasteiger partial charge in [-0.1, -0.05) is 97.1 Å². The molecule has 0 atom stereocenters. The Hall–Kier alpha value is -6.41. The van der Waals surface area contributed by atoms with Crippen molar-refractivity contribution >= 4 is 54.7 Å². The van der Waals surface area contributed by atoms with E-state index in [-0.39, 0.29) is 0 Å². The van der Waals surface area contributed by atoms with Gasteiger partial charge in [0.05, 0.1) is 49.9 Å². The molecule has 0 saturated carbocycles. The summed E-state index contributed by atoms with van der Waals surface area (Å²) in [6, 6.07) is 12.2. The molecule has 0 aliphatic rings. The van der Waals surface area contributed by atoms with Crippen LogP contribution >= 0.6 is 15.9 Å². The Morgan fingerprint density at radius 3 is 0.840 bits per heavy atom. The van der Waals surface area contributed by atoms with Crippen LogP contribution < -0.4 is 26.4 Å². The molecular formula is C48H25BBrF24N. The van der Waals surface area contributed by atoms with Crippen molar-refractivity contribution < 1.29 is 110 Å². The molecule has 1 heterocycles. The van der Waals surface area contributed by atoms with Crippen molar-refractivity contribution in [2.75, 3.05) is 0 Å². The zero-order valence-electron chi connectivity index (χ0n) is 36.5. The van der Waals surface area contributed by atoms with Crippen LogP contribution in [-0.2, 0) is 56.0 Å². The molecule has 400 valence electrons. The Balaban J connectivity index is 0.000000421. The van der Waals surface area contributed by atoms with E-state index in [1.54, 1.807) is 0 Å². The highest BCUT2D eigenvalue weighted by molar-refractivity contribution is 9.10. The van der Waals surface area contributed by atoms with Crippen molar-refractivity contribution in [3.8, 4) is 0 Å². The van der Waals surface area contributed by atoms with Crippen molar-refractivity contribution in [1.29, 1.82) is 0 Å². The van der Waals surface area contributed by atoms with E-state index in [9.17, 15) is 105 Å². The largest absolute Gasteiger partial charge is 0.416 e. The lowest BCUT2D eigenvalue weighted by molar-refractivity contribution is -0.697. The molecule has 7 rings (SSSR count). The van der Waals surface area contributed by atoms with Crippen LogP contribution in [0.2, 0.25) is 0 Å². The van der Waals surface area contributed by atoms with Crippen LogP contribution in [0.5, 0.6) is 0 Å². The number of benzene rings is 6. The number of alkyl halides is 24. The molecule has 0 unspecified atom stereocenters. The molecule has 27 heteroatoms. The fourth-order valence-electron chi connectivity index (χ4n) is 8.19. The number of hydrogen-bond donors (Lipinski definition) is 0. The van der Waals surface area contributed by atoms with Crippen LogP contribution in [0.3, 0.4) is 0 Å². The van der Waals surface area contributed by atoms with Gasteiger partial charge >= 0.3 is 49.4 Å². The van der Waals surface area contributed by atoms with Crippen molar-refractivity contribution in [1.82, 2.24) is 0 Å². The summed E-state index contributed by atoms with van der Waals surface area (Å²) in [4.78, 5) is 0. The smallest absolute Gasteiger partial charge is 0.194 e. The van der Waals surface area contributed by atoms with Gasteiger partial charge < -0.3 is 0 Å². The Morgan fingerprint density at radius 2 is 0.573 bits per heavy atom. The lowest BCUT2D eigenvalue weighted by Crippen LogP contribution is -2.75. The predicted molar refractivity (Wildman–Crippen MR) is 227 cm³/mol. The first-order valence-corrected chi connectivity index (χ1v) is 21.4. The molecule has 7 aromatic rings. The molecule has 1 nitrogen and oxygen atoms in total. The van der Waals surface area contributed by atoms with Gasteiger partial charge in [0.2, 0.25) is 0 Å². The van der Waals surface area contributed by atoms with Crippen molar-refractivity contribution in [3.05, 3.63) is 194 Å². The molecule has 0 bridgehead atoms. The Morgan fingerprint density at radius 1 is 0.320 bits per heavy atom. The minimum absolute atomic E-state index is 0.691. The minimum Gasteiger partial charge on any atom is -0.194 e. The highest BCUT2D eigenvalue weighted by atomic mass is 79.9. The molecule has 1 aromatic heterocycles. The molecule has 0 aliphatic carbocycles. The topological polar surface area (TPSA) is 3.88 Å². The van der Waals surface area contributed by atoms with Gasteiger partial charge in [-0.15, -0.1) is 0 Å². The maximum absolute atomic E-state index is 14.2. The number of fused-ring (bicyclic) bond motifs is 1. The quantitative estimate of drug-likeness (QED) is 0.0676. The summed E-state index contributed by atoms with van der Waals surface area (Å²) in [7, 11) is 0. The van der Waals surface area contributed by atoms with E-state index in [4.69, 9.17) is 0 Å². The molecule has 0 amide bonds. The van der Waals surface area contributed by atoms with Crippen molar-refractivity contribution in [2.24, 2.45) is 0 Å². The summed E-state index contributed by atoms with van der Waals surface area (Å²) in [5.74, 6) is 0. The van der Waals surface area contributed by atoms with E-state index < -0.39 is 195 Å². The molecule has 0 N–H and O–H groups in total. The maximum atomic E-state index is 14.2. The SMILES string of the molecule is Brc1c2ccccc2cc[n+]1Cc1ccccc1.FC(F)(F)c1cc([B-](c2cc(C(F)(F)F)cc(C(F)(F)F)c2)(c2cc(C(F)(F)F)cc(C(F)(F)F)c2)c2cc(C(F)(F)F)cc(C(F)(F)F)c2)cc(C(F)(F)F)c1. The van der Waals surface area contributed by atoms with Crippen LogP contribution in [0, 0.1) is 0 Å². The first-order chi connectivity index (χ1) is 34.1. The van der Waals surface area contributed by atoms with Crippen molar-refractivity contribution in [2.45, 2.75) is 56.0 Å². The first kappa shape index (κ1) is 57.9. The van der Waals surface area contributed by atoms with Crippen LogP contribution in [0.25, 0.3) is 10.8 Å². The summed E-state index contributed by atoms with van der Waals surface area (Å²) in [5.41, 5.74) is -28.9. The molecule has 0 saturated heterocycles. The maximum Gasteiger partial charge on any atom is 0.416 e. The van der Waals surface area contributed by atoms with Gasteiger partial charge in [-0.3, -0.25) is 0 Å². The molecule has 0 spiro atoms. The second-order valence-electron chi connectivity index (χ2n) is 16.5. The van der Waals surface area contributed by atoms with Gasteiger partial charge in [0, 0.05) is 27.6 Å². The van der Waals surface area contributed by atoms with E-state index >= 15 is 0 Å². The number of hydrogen-bond acceptors (Lipinski definition) is 0. The highest BCUT2D eigenvalue weighted by Gasteiger charge is 2.47. The van der Waals surface area contributed by atoms with Crippen LogP contribution in [0.1, 0.15) is 50.1 Å². The fourth-order valence-corrected chi connectivity index (χ4v) is 8.80. The van der Waals surface area contributed by atoms with E-state index in [0.717, 1.165) is 11.1 Å². The van der Waals surface area contributed by atoms with Gasteiger partial charge in [0.15, 0.2) is 12.7 Å². The van der Waals surface area contributed by atoms with Gasteiger partial charge in [-0.05, 0) is 35.7 Å². The molecule has 6 aromatic carbocycles. The summed E-state index contributed by atoms with van der Waals surface area (Å²) in [5, 5.41) is 2.50. The normalized spacial score (nSPS) is 13.5. The number of pyridine rings is 1. The highest BCUT2D eigenvalue weighted by Crippen LogP contribution is 2.41. The summed E-state index contributed by atoms with van der Waals surface area (Å²) < 4.78 is 344. The zero-order chi connectivity index (χ0) is 56.3. The summed E-state index contributed by atoms with van der Waals surface area (Å²) in [6.07, 6.45) is -52.7. The first-order valence-electron chi connectivity index (χ1n) is 20.6. The summed E-state index contributed by atoms with van der Waals surface area (Å²) >= 11 is 3.70. The molecule has 0 radical (unpaired) electrons.